The van der Waals surface area contributed by atoms with Gasteiger partial charge in [-0.3, -0.25) is 20.4 Å². The van der Waals surface area contributed by atoms with Crippen LogP contribution in [0.3, 0.4) is 0 Å². The van der Waals surface area contributed by atoms with E-state index in [9.17, 15) is 9.59 Å². The minimum Gasteiger partial charge on any atom is -0.393 e. The highest BCUT2D eigenvalue weighted by Crippen LogP contribution is 2.26. The molecular formula is C19H18BrN7O2. The Balaban J connectivity index is 1.68. The maximum Gasteiger partial charge on any atom is 0.270 e. The van der Waals surface area contributed by atoms with Crippen LogP contribution in [-0.2, 0) is 4.79 Å². The molecule has 9 nitrogen and oxygen atoms in total. The van der Waals surface area contributed by atoms with Gasteiger partial charge < -0.3 is 16.4 Å². The van der Waals surface area contributed by atoms with Crippen LogP contribution in [-0.4, -0.2) is 21.8 Å². The lowest BCUT2D eigenvalue weighted by atomic mass is 10.2. The number of carbonyl (C=O) groups is 2. The van der Waals surface area contributed by atoms with E-state index in [1.54, 1.807) is 42.5 Å². The monoisotopic (exact) mass is 455 g/mol. The summed E-state index contributed by atoms with van der Waals surface area (Å²) in [5.41, 5.74) is 13.5. The van der Waals surface area contributed by atoms with E-state index in [2.05, 4.69) is 47.4 Å². The molecule has 0 aliphatic rings. The highest BCUT2D eigenvalue weighted by atomic mass is 79.9. The minimum absolute atomic E-state index is 0.147. The lowest BCUT2D eigenvalue weighted by molar-refractivity contribution is -0.114. The largest absolute Gasteiger partial charge is 0.393 e. The normalized spacial score (nSPS) is 10.1. The Morgan fingerprint density at radius 1 is 0.966 bits per heavy atom. The molecule has 0 atom stereocenters. The Bertz CT molecular complexity index is 1040. The molecular weight excluding hydrogens is 438 g/mol. The quantitative estimate of drug-likeness (QED) is 0.360. The number of hydrogen-bond acceptors (Lipinski definition) is 7. The molecule has 0 spiro atoms. The summed E-state index contributed by atoms with van der Waals surface area (Å²) in [5.74, 6) is 0.118. The molecule has 0 radical (unpaired) electrons. The summed E-state index contributed by atoms with van der Waals surface area (Å²) in [6.07, 6.45) is 1.32. The molecule has 3 rings (SSSR count). The van der Waals surface area contributed by atoms with Crippen molar-refractivity contribution in [2.45, 2.75) is 6.92 Å². The van der Waals surface area contributed by atoms with Crippen LogP contribution in [0.4, 0.5) is 28.7 Å². The van der Waals surface area contributed by atoms with Crippen molar-refractivity contribution >= 4 is 56.4 Å². The lowest BCUT2D eigenvalue weighted by Crippen LogP contribution is -2.30. The fourth-order valence-corrected chi connectivity index (χ4v) is 2.87. The van der Waals surface area contributed by atoms with E-state index in [0.29, 0.717) is 27.2 Å². The molecule has 0 unspecified atom stereocenters. The molecule has 0 saturated carbocycles. The maximum atomic E-state index is 12.3. The van der Waals surface area contributed by atoms with Gasteiger partial charge in [-0.05, 0) is 52.3 Å². The first-order valence-corrected chi connectivity index (χ1v) is 9.29. The summed E-state index contributed by atoms with van der Waals surface area (Å²) in [4.78, 5) is 31.6. The lowest BCUT2D eigenvalue weighted by Gasteiger charge is -2.14. The number of hydrogen-bond donors (Lipinski definition) is 5. The van der Waals surface area contributed by atoms with E-state index in [1.165, 1.54) is 13.3 Å². The summed E-state index contributed by atoms with van der Waals surface area (Å²) >= 11 is 3.33. The predicted octanol–water partition coefficient (Wildman–Crippen LogP) is 3.28. The van der Waals surface area contributed by atoms with Gasteiger partial charge in [0, 0.05) is 22.8 Å². The van der Waals surface area contributed by atoms with E-state index in [-0.39, 0.29) is 23.3 Å². The van der Waals surface area contributed by atoms with Crippen molar-refractivity contribution in [3.63, 3.8) is 0 Å². The molecule has 148 valence electrons. The number of rotatable bonds is 6. The van der Waals surface area contributed by atoms with Gasteiger partial charge in [-0.25, -0.2) is 9.97 Å². The highest BCUT2D eigenvalue weighted by Gasteiger charge is 2.12. The van der Waals surface area contributed by atoms with E-state index < -0.39 is 0 Å². The van der Waals surface area contributed by atoms with Gasteiger partial charge in [-0.1, -0.05) is 12.1 Å². The van der Waals surface area contributed by atoms with Crippen molar-refractivity contribution in [1.29, 1.82) is 0 Å². The number of anilines is 5. The van der Waals surface area contributed by atoms with Crippen molar-refractivity contribution < 1.29 is 9.59 Å². The van der Waals surface area contributed by atoms with Crippen LogP contribution < -0.4 is 27.2 Å². The van der Waals surface area contributed by atoms with Crippen molar-refractivity contribution in [3.05, 3.63) is 64.9 Å². The van der Waals surface area contributed by atoms with Crippen LogP contribution in [0.25, 0.3) is 0 Å². The van der Waals surface area contributed by atoms with Gasteiger partial charge in [-0.2, -0.15) is 0 Å². The van der Waals surface area contributed by atoms with Gasteiger partial charge in [0.05, 0.1) is 5.56 Å². The van der Waals surface area contributed by atoms with Gasteiger partial charge in [0.15, 0.2) is 11.6 Å². The Morgan fingerprint density at radius 2 is 1.62 bits per heavy atom. The number of hydrazine groups is 1. The molecule has 0 aliphatic carbocycles. The second-order valence-corrected chi connectivity index (χ2v) is 6.78. The average Bonchev–Trinajstić information content (AvgIpc) is 2.70. The average molecular weight is 456 g/mol. The zero-order chi connectivity index (χ0) is 20.8. The number of nitrogens with two attached hydrogens (primary N) is 1. The first kappa shape index (κ1) is 20.1. The fourth-order valence-electron chi connectivity index (χ4n) is 2.40. The number of halogens is 1. The number of nitrogens with zero attached hydrogens (tertiary/aromatic N) is 2. The van der Waals surface area contributed by atoms with E-state index in [4.69, 9.17) is 5.73 Å². The molecule has 10 heteroatoms. The molecule has 29 heavy (non-hydrogen) atoms. The molecule has 0 saturated heterocycles. The van der Waals surface area contributed by atoms with Crippen LogP contribution in [0.1, 0.15) is 17.3 Å². The van der Waals surface area contributed by atoms with Crippen LogP contribution in [0.15, 0.2) is 59.3 Å². The summed E-state index contributed by atoms with van der Waals surface area (Å²) in [6, 6.07) is 14.1. The van der Waals surface area contributed by atoms with Crippen molar-refractivity contribution in [2.75, 3.05) is 21.8 Å². The minimum atomic E-state index is -0.349. The van der Waals surface area contributed by atoms with E-state index >= 15 is 0 Å². The van der Waals surface area contributed by atoms with Crippen LogP contribution in [0.5, 0.6) is 0 Å². The number of carbonyl (C=O) groups excluding carboxylic acids is 2. The first-order chi connectivity index (χ1) is 13.9. The molecule has 1 aromatic heterocycles. The molecule has 0 aliphatic heterocycles. The SMILES string of the molecule is CC(=O)Nc1ccc(Nc2ncnc(NNC(=O)c3ccccc3Br)c2N)cc1. The number of amides is 2. The summed E-state index contributed by atoms with van der Waals surface area (Å²) in [7, 11) is 0. The van der Waals surface area contributed by atoms with Gasteiger partial charge in [0.2, 0.25) is 5.91 Å². The number of nitrogens with one attached hydrogen (secondary N) is 4. The van der Waals surface area contributed by atoms with Crippen molar-refractivity contribution in [3.8, 4) is 0 Å². The molecule has 1 heterocycles. The third-order valence-electron chi connectivity index (χ3n) is 3.76. The molecule has 0 fully saturated rings. The van der Waals surface area contributed by atoms with Crippen molar-refractivity contribution in [1.82, 2.24) is 15.4 Å². The Hall–Kier alpha value is -3.66. The van der Waals surface area contributed by atoms with Gasteiger partial charge >= 0.3 is 0 Å². The standard InChI is InChI=1S/C19H18BrN7O2/c1-11(28)24-12-6-8-13(9-7-12)25-17-16(21)18(23-10-22-17)26-27-19(29)14-4-2-3-5-15(14)20/h2-10H,21H2,1H3,(H,24,28)(H,27,29)(H2,22,23,25,26). The Kier molecular flexibility index (Phi) is 6.25. The molecule has 2 amide bonds. The third-order valence-corrected chi connectivity index (χ3v) is 4.46. The van der Waals surface area contributed by atoms with E-state index in [1.807, 2.05) is 6.07 Å². The van der Waals surface area contributed by atoms with Gasteiger partial charge in [0.1, 0.15) is 12.0 Å². The second kappa shape index (κ2) is 9.02. The number of nitrogen functional groups attached to an aromatic ring is 1. The number of aromatic nitrogens is 2. The Morgan fingerprint density at radius 3 is 2.31 bits per heavy atom. The van der Waals surface area contributed by atoms with Gasteiger partial charge in [0.25, 0.3) is 5.91 Å². The van der Waals surface area contributed by atoms with Crippen molar-refractivity contribution in [2.24, 2.45) is 0 Å². The van der Waals surface area contributed by atoms with Gasteiger partial charge in [-0.15, -0.1) is 0 Å². The summed E-state index contributed by atoms with van der Waals surface area (Å²) in [6.45, 7) is 1.44. The smallest absolute Gasteiger partial charge is 0.270 e. The zero-order valence-corrected chi connectivity index (χ0v) is 16.9. The highest BCUT2D eigenvalue weighted by molar-refractivity contribution is 9.10. The number of benzene rings is 2. The van der Waals surface area contributed by atoms with E-state index in [0.717, 1.165) is 0 Å². The molecule has 2 aromatic carbocycles. The fraction of sp³-hybridized carbons (Fsp3) is 0.0526. The van der Waals surface area contributed by atoms with Crippen LogP contribution >= 0.6 is 15.9 Å². The first-order valence-electron chi connectivity index (χ1n) is 8.50. The second-order valence-electron chi connectivity index (χ2n) is 5.93. The van der Waals surface area contributed by atoms with Crippen LogP contribution in [0, 0.1) is 0 Å². The molecule has 3 aromatic rings. The Labute approximate surface area is 175 Å². The summed E-state index contributed by atoms with van der Waals surface area (Å²) < 4.78 is 0.667. The molecule has 6 N–H and O–H groups in total. The summed E-state index contributed by atoms with van der Waals surface area (Å²) in [5, 5.41) is 5.76. The molecule has 0 bridgehead atoms. The third kappa shape index (κ3) is 5.20. The zero-order valence-electron chi connectivity index (χ0n) is 15.4. The van der Waals surface area contributed by atoms with Crippen LogP contribution in [0.2, 0.25) is 0 Å². The predicted molar refractivity (Wildman–Crippen MR) is 116 cm³/mol. The maximum absolute atomic E-state index is 12.3. The topological polar surface area (TPSA) is 134 Å².